The van der Waals surface area contributed by atoms with Crippen LogP contribution in [0, 0.1) is 23.0 Å². The van der Waals surface area contributed by atoms with Crippen LogP contribution in [-0.2, 0) is 14.3 Å². The number of amides is 1. The van der Waals surface area contributed by atoms with E-state index in [1.807, 2.05) is 31.2 Å². The van der Waals surface area contributed by atoms with E-state index in [0.29, 0.717) is 5.69 Å². The van der Waals surface area contributed by atoms with Gasteiger partial charge in [-0.05, 0) is 19.1 Å². The Bertz CT molecular complexity index is 938. The number of esters is 1. The molecule has 1 heterocycles. The molecule has 1 fully saturated rings. The molecule has 3 rings (SSSR count). The minimum Gasteiger partial charge on any atom is -0.457 e. The van der Waals surface area contributed by atoms with Crippen molar-refractivity contribution in [3.05, 3.63) is 69.8 Å². The number of rotatable bonds is 6. The van der Waals surface area contributed by atoms with Crippen molar-refractivity contribution in [2.24, 2.45) is 5.92 Å². The number of carbonyl (C=O) groups excluding carboxylic acids is 3. The molecule has 1 atom stereocenters. The molecule has 28 heavy (non-hydrogen) atoms. The summed E-state index contributed by atoms with van der Waals surface area (Å²) in [7, 11) is 0. The molecule has 8 heteroatoms. The van der Waals surface area contributed by atoms with E-state index in [4.69, 9.17) is 4.74 Å². The average molecular weight is 382 g/mol. The Morgan fingerprint density at radius 3 is 2.61 bits per heavy atom. The summed E-state index contributed by atoms with van der Waals surface area (Å²) in [6.07, 6.45) is 0.0116. The highest BCUT2D eigenvalue weighted by molar-refractivity contribution is 6.01. The van der Waals surface area contributed by atoms with E-state index in [1.54, 1.807) is 0 Å². The van der Waals surface area contributed by atoms with Gasteiger partial charge in [0.1, 0.15) is 0 Å². The van der Waals surface area contributed by atoms with Gasteiger partial charge in [-0.3, -0.25) is 24.5 Å². The molecule has 8 nitrogen and oxygen atoms in total. The number of nitro benzene ring substituents is 1. The zero-order valence-corrected chi connectivity index (χ0v) is 15.2. The summed E-state index contributed by atoms with van der Waals surface area (Å²) in [6, 6.07) is 12.6. The van der Waals surface area contributed by atoms with E-state index in [0.717, 1.165) is 11.6 Å². The van der Waals surface area contributed by atoms with Crippen LogP contribution >= 0.6 is 0 Å². The van der Waals surface area contributed by atoms with Crippen LogP contribution in [0.2, 0.25) is 0 Å². The first kappa shape index (κ1) is 19.2. The van der Waals surface area contributed by atoms with Gasteiger partial charge in [0.25, 0.3) is 5.69 Å². The number of carbonyl (C=O) groups is 3. The van der Waals surface area contributed by atoms with Crippen molar-refractivity contribution < 1.29 is 24.0 Å². The van der Waals surface area contributed by atoms with Gasteiger partial charge in [0.2, 0.25) is 11.7 Å². The quantitative estimate of drug-likeness (QED) is 0.329. The van der Waals surface area contributed by atoms with E-state index >= 15 is 0 Å². The summed E-state index contributed by atoms with van der Waals surface area (Å²) in [4.78, 5) is 48.3. The molecule has 1 saturated heterocycles. The van der Waals surface area contributed by atoms with Gasteiger partial charge in [-0.2, -0.15) is 0 Å². The zero-order chi connectivity index (χ0) is 20.3. The lowest BCUT2D eigenvalue weighted by Crippen LogP contribution is -2.27. The van der Waals surface area contributed by atoms with Gasteiger partial charge in [0.15, 0.2) is 6.61 Å². The number of non-ortho nitro benzene ring substituents is 1. The number of aryl methyl sites for hydroxylation is 1. The fraction of sp³-hybridized carbons (Fsp3) is 0.250. The van der Waals surface area contributed by atoms with Gasteiger partial charge in [-0.15, -0.1) is 0 Å². The molecule has 0 spiro atoms. The second-order valence-electron chi connectivity index (χ2n) is 6.58. The topological polar surface area (TPSA) is 107 Å². The number of benzene rings is 2. The number of anilines is 1. The van der Waals surface area contributed by atoms with Crippen molar-refractivity contribution in [1.29, 1.82) is 0 Å². The molecule has 0 radical (unpaired) electrons. The van der Waals surface area contributed by atoms with Gasteiger partial charge in [-0.25, -0.2) is 0 Å². The lowest BCUT2D eigenvalue weighted by atomic mass is 10.1. The van der Waals surface area contributed by atoms with Gasteiger partial charge >= 0.3 is 5.97 Å². The zero-order valence-electron chi connectivity index (χ0n) is 15.2. The van der Waals surface area contributed by atoms with E-state index in [9.17, 15) is 24.5 Å². The van der Waals surface area contributed by atoms with E-state index in [2.05, 4.69) is 0 Å². The molecule has 0 bridgehead atoms. The van der Waals surface area contributed by atoms with E-state index < -0.39 is 29.2 Å². The van der Waals surface area contributed by atoms with Crippen molar-refractivity contribution in [1.82, 2.24) is 0 Å². The molecule has 0 aromatic heterocycles. The number of ketones is 1. The van der Waals surface area contributed by atoms with Crippen LogP contribution in [0.1, 0.15) is 22.3 Å². The molecule has 0 aliphatic carbocycles. The fourth-order valence-electron chi connectivity index (χ4n) is 2.97. The van der Waals surface area contributed by atoms with Crippen LogP contribution in [0.4, 0.5) is 11.4 Å². The lowest BCUT2D eigenvalue weighted by Gasteiger charge is -2.16. The molecular weight excluding hydrogens is 364 g/mol. The van der Waals surface area contributed by atoms with E-state index in [1.165, 1.54) is 23.1 Å². The number of nitrogens with zero attached hydrogens (tertiary/aromatic N) is 2. The molecule has 0 N–H and O–H groups in total. The maximum Gasteiger partial charge on any atom is 0.311 e. The van der Waals surface area contributed by atoms with Gasteiger partial charge in [0.05, 0.1) is 10.8 Å². The maximum atomic E-state index is 12.3. The van der Waals surface area contributed by atoms with Crippen molar-refractivity contribution in [2.45, 2.75) is 13.3 Å². The number of Topliss-reactive ketones (excluding diaryl/α,β-unsaturated/α-hetero) is 1. The number of hydrogen-bond donors (Lipinski definition) is 0. The average Bonchev–Trinajstić information content (AvgIpc) is 3.08. The number of hydrogen-bond acceptors (Lipinski definition) is 6. The highest BCUT2D eigenvalue weighted by atomic mass is 16.6. The third kappa shape index (κ3) is 4.22. The van der Waals surface area contributed by atoms with Gasteiger partial charge in [-0.1, -0.05) is 29.8 Å². The standard InChI is InChI=1S/C20H18N2O6/c1-13-5-7-16(8-6-13)21-11-15(10-19(21)24)20(25)28-12-18(23)14-3-2-4-17(9-14)22(26)27/h2-9,15H,10-12H2,1H3/t15-/m0/s1. The van der Waals surface area contributed by atoms with Crippen LogP contribution in [-0.4, -0.2) is 35.7 Å². The molecule has 0 saturated carbocycles. The number of ether oxygens (including phenoxy) is 1. The van der Waals surface area contributed by atoms with Crippen LogP contribution in [0.25, 0.3) is 0 Å². The minimum atomic E-state index is -0.660. The second-order valence-corrected chi connectivity index (χ2v) is 6.58. The maximum absolute atomic E-state index is 12.3. The molecular formula is C20H18N2O6. The third-order valence-electron chi connectivity index (χ3n) is 4.53. The first-order valence-corrected chi connectivity index (χ1v) is 8.66. The van der Waals surface area contributed by atoms with Crippen LogP contribution in [0.5, 0.6) is 0 Å². The van der Waals surface area contributed by atoms with Crippen molar-refractivity contribution in [2.75, 3.05) is 18.1 Å². The molecule has 2 aromatic rings. The summed E-state index contributed by atoms with van der Waals surface area (Å²) in [6.45, 7) is 1.59. The van der Waals surface area contributed by atoms with Gasteiger partial charge < -0.3 is 9.64 Å². The summed E-state index contributed by atoms with van der Waals surface area (Å²) in [5.41, 5.74) is 1.64. The normalized spacial score (nSPS) is 16.1. The SMILES string of the molecule is Cc1ccc(N2C[C@@H](C(=O)OCC(=O)c3cccc([N+](=O)[O-])c3)CC2=O)cc1. The smallest absolute Gasteiger partial charge is 0.311 e. The van der Waals surface area contributed by atoms with E-state index in [-0.39, 0.29) is 30.1 Å². The molecule has 1 amide bonds. The Hall–Kier alpha value is -3.55. The number of nitro groups is 1. The minimum absolute atomic E-state index is 0.0116. The Morgan fingerprint density at radius 2 is 1.93 bits per heavy atom. The van der Waals surface area contributed by atoms with Crippen LogP contribution < -0.4 is 4.90 Å². The monoisotopic (exact) mass is 382 g/mol. The molecule has 0 unspecified atom stereocenters. The molecule has 144 valence electrons. The molecule has 1 aliphatic heterocycles. The van der Waals surface area contributed by atoms with Crippen molar-refractivity contribution >= 4 is 29.0 Å². The Labute approximate surface area is 160 Å². The Kier molecular flexibility index (Phi) is 5.49. The third-order valence-corrected chi connectivity index (χ3v) is 4.53. The molecule has 2 aromatic carbocycles. The first-order valence-electron chi connectivity index (χ1n) is 8.66. The Balaban J connectivity index is 1.59. The predicted molar refractivity (Wildman–Crippen MR) is 100 cm³/mol. The van der Waals surface area contributed by atoms with Crippen molar-refractivity contribution in [3.63, 3.8) is 0 Å². The first-order chi connectivity index (χ1) is 13.3. The molecule has 1 aliphatic rings. The second kappa shape index (κ2) is 7.99. The van der Waals surface area contributed by atoms with Crippen LogP contribution in [0.15, 0.2) is 48.5 Å². The summed E-state index contributed by atoms with van der Waals surface area (Å²) >= 11 is 0. The van der Waals surface area contributed by atoms with Gasteiger partial charge in [0, 0.05) is 36.3 Å². The summed E-state index contributed by atoms with van der Waals surface area (Å²) in [5.74, 6) is -2.03. The predicted octanol–water partition coefficient (Wildman–Crippen LogP) is 2.68. The fourth-order valence-corrected chi connectivity index (χ4v) is 2.97. The Morgan fingerprint density at radius 1 is 1.21 bits per heavy atom. The van der Waals surface area contributed by atoms with Crippen molar-refractivity contribution in [3.8, 4) is 0 Å². The lowest BCUT2D eigenvalue weighted by molar-refractivity contribution is -0.384. The largest absolute Gasteiger partial charge is 0.457 e. The highest BCUT2D eigenvalue weighted by Gasteiger charge is 2.36. The highest BCUT2D eigenvalue weighted by Crippen LogP contribution is 2.26. The summed E-state index contributed by atoms with van der Waals surface area (Å²) in [5, 5.41) is 10.8. The van der Waals surface area contributed by atoms with Crippen LogP contribution in [0.3, 0.4) is 0 Å². The summed E-state index contributed by atoms with van der Waals surface area (Å²) < 4.78 is 5.06.